The zero-order valence-corrected chi connectivity index (χ0v) is 15.2. The molecular weight excluding hydrogens is 320 g/mol. The van der Waals surface area contributed by atoms with E-state index in [1.807, 2.05) is 9.80 Å². The first kappa shape index (κ1) is 17.1. The van der Waals surface area contributed by atoms with Gasteiger partial charge in [-0.2, -0.15) is 0 Å². The second-order valence-corrected chi connectivity index (χ2v) is 8.09. The van der Waals surface area contributed by atoms with Crippen LogP contribution in [0.4, 0.5) is 4.79 Å². The van der Waals surface area contributed by atoms with E-state index in [1.54, 1.807) is 0 Å². The van der Waals surface area contributed by atoms with E-state index in [4.69, 9.17) is 4.74 Å². The van der Waals surface area contributed by atoms with Crippen molar-refractivity contribution in [1.29, 1.82) is 0 Å². The van der Waals surface area contributed by atoms with Gasteiger partial charge in [0.25, 0.3) is 0 Å². The summed E-state index contributed by atoms with van der Waals surface area (Å²) in [6.07, 6.45) is 5.00. The van der Waals surface area contributed by atoms with Crippen LogP contribution in [0.2, 0.25) is 0 Å². The summed E-state index contributed by atoms with van der Waals surface area (Å²) in [7, 11) is 2.08. The quantitative estimate of drug-likeness (QED) is 0.802. The van der Waals surface area contributed by atoms with Crippen LogP contribution >= 0.6 is 0 Å². The highest BCUT2D eigenvalue weighted by atomic mass is 16.5. The van der Waals surface area contributed by atoms with E-state index in [0.717, 1.165) is 45.6 Å². The maximum absolute atomic E-state index is 12.5. The van der Waals surface area contributed by atoms with E-state index in [0.29, 0.717) is 25.4 Å². The van der Waals surface area contributed by atoms with E-state index in [1.165, 1.54) is 12.8 Å². The van der Waals surface area contributed by atoms with Crippen molar-refractivity contribution >= 4 is 11.9 Å². The normalized spacial score (nSPS) is 32.8. The minimum atomic E-state index is -0.0614. The average molecular weight is 350 g/mol. The fraction of sp³-hybridized carbons (Fsp3) is 0.889. The lowest BCUT2D eigenvalue weighted by Gasteiger charge is -2.55. The Kier molecular flexibility index (Phi) is 4.62. The number of carbonyl (C=O) groups excluding carboxylic acids is 2. The molecule has 0 aromatic carbocycles. The number of rotatable bonds is 4. The van der Waals surface area contributed by atoms with Crippen molar-refractivity contribution in [1.82, 2.24) is 20.0 Å². The third-order valence-electron chi connectivity index (χ3n) is 6.25. The van der Waals surface area contributed by atoms with E-state index in [2.05, 4.69) is 17.3 Å². The van der Waals surface area contributed by atoms with Crippen molar-refractivity contribution in [2.24, 2.45) is 5.92 Å². The van der Waals surface area contributed by atoms with Gasteiger partial charge in [0.1, 0.15) is 5.60 Å². The topological polar surface area (TPSA) is 65.1 Å². The molecule has 0 radical (unpaired) electrons. The Labute approximate surface area is 149 Å². The number of nitrogens with one attached hydrogen (secondary N) is 1. The Hall–Kier alpha value is -1.34. The number of ether oxygens (including phenoxy) is 1. The number of hydrogen-bond donors (Lipinski definition) is 1. The molecule has 140 valence electrons. The van der Waals surface area contributed by atoms with Crippen molar-refractivity contribution in [2.45, 2.75) is 43.7 Å². The highest BCUT2D eigenvalue weighted by Crippen LogP contribution is 2.51. The molecule has 2 atom stereocenters. The van der Waals surface area contributed by atoms with E-state index < -0.39 is 0 Å². The van der Waals surface area contributed by atoms with Crippen molar-refractivity contribution < 1.29 is 14.3 Å². The zero-order chi connectivity index (χ0) is 17.4. The molecule has 7 nitrogen and oxygen atoms in total. The zero-order valence-electron chi connectivity index (χ0n) is 15.2. The number of likely N-dealkylation sites (tertiary alicyclic amines) is 1. The molecule has 7 heteroatoms. The molecule has 3 amide bonds. The highest BCUT2D eigenvalue weighted by Gasteiger charge is 2.61. The van der Waals surface area contributed by atoms with Crippen molar-refractivity contribution in [3.63, 3.8) is 0 Å². The van der Waals surface area contributed by atoms with Gasteiger partial charge in [0.15, 0.2) is 0 Å². The molecule has 1 aliphatic carbocycles. The molecule has 4 rings (SSSR count). The predicted octanol–water partition coefficient (Wildman–Crippen LogP) is 0.504. The van der Waals surface area contributed by atoms with Crippen LogP contribution in [0.15, 0.2) is 0 Å². The monoisotopic (exact) mass is 350 g/mol. The number of nitrogens with zero attached hydrogens (tertiary/aromatic N) is 3. The Balaban J connectivity index is 1.22. The third-order valence-corrected chi connectivity index (χ3v) is 6.25. The first-order chi connectivity index (χ1) is 12.1. The standard InChI is InChI=1S/C18H30N4O3/c1-20-8-10-21(11-9-20)15(23)5-7-19-17(24)22-13-18(6-2-12-25-18)16(22)14-3-4-14/h14,16H,2-13H2,1H3,(H,19,24). The van der Waals surface area contributed by atoms with Gasteiger partial charge in [0, 0.05) is 45.8 Å². The molecule has 25 heavy (non-hydrogen) atoms. The number of amides is 3. The minimum Gasteiger partial charge on any atom is -0.371 e. The highest BCUT2D eigenvalue weighted by molar-refractivity contribution is 5.79. The van der Waals surface area contributed by atoms with Crippen molar-refractivity contribution in [3.8, 4) is 0 Å². The van der Waals surface area contributed by atoms with E-state index in [9.17, 15) is 9.59 Å². The molecule has 2 unspecified atom stereocenters. The molecule has 0 bridgehead atoms. The largest absolute Gasteiger partial charge is 0.371 e. The third kappa shape index (κ3) is 3.36. The first-order valence-electron chi connectivity index (χ1n) is 9.74. The van der Waals surface area contributed by atoms with Crippen molar-refractivity contribution in [3.05, 3.63) is 0 Å². The van der Waals surface area contributed by atoms with Gasteiger partial charge < -0.3 is 24.8 Å². The molecule has 1 saturated carbocycles. The fourth-order valence-corrected chi connectivity index (χ4v) is 4.61. The SMILES string of the molecule is CN1CCN(C(=O)CCNC(=O)N2CC3(CCCO3)C2C2CC2)CC1. The van der Waals surface area contributed by atoms with Crippen LogP contribution in [0.1, 0.15) is 32.1 Å². The fourth-order valence-electron chi connectivity index (χ4n) is 4.61. The summed E-state index contributed by atoms with van der Waals surface area (Å²) in [6, 6.07) is 0.229. The summed E-state index contributed by atoms with van der Waals surface area (Å²) >= 11 is 0. The Bertz CT molecular complexity index is 522. The van der Waals surface area contributed by atoms with Gasteiger partial charge in [-0.05, 0) is 38.6 Å². The molecular formula is C18H30N4O3. The molecule has 3 aliphatic heterocycles. The number of piperazine rings is 1. The number of urea groups is 1. The van der Waals surface area contributed by atoms with Gasteiger partial charge in [-0.15, -0.1) is 0 Å². The Morgan fingerprint density at radius 3 is 2.60 bits per heavy atom. The number of carbonyl (C=O) groups is 2. The number of hydrogen-bond acceptors (Lipinski definition) is 4. The predicted molar refractivity (Wildman–Crippen MR) is 93.2 cm³/mol. The summed E-state index contributed by atoms with van der Waals surface area (Å²) < 4.78 is 6.02. The molecule has 3 heterocycles. The van der Waals surface area contributed by atoms with Gasteiger partial charge >= 0.3 is 6.03 Å². The smallest absolute Gasteiger partial charge is 0.317 e. The van der Waals surface area contributed by atoms with Crippen LogP contribution in [-0.2, 0) is 9.53 Å². The maximum atomic E-state index is 12.5. The van der Waals surface area contributed by atoms with Crippen LogP contribution < -0.4 is 5.32 Å². The summed E-state index contributed by atoms with van der Waals surface area (Å²) in [5, 5.41) is 2.96. The molecule has 4 fully saturated rings. The van der Waals surface area contributed by atoms with Gasteiger partial charge in [-0.25, -0.2) is 4.79 Å². The lowest BCUT2D eigenvalue weighted by molar-refractivity contribution is -0.147. The van der Waals surface area contributed by atoms with Crippen LogP contribution in [0.3, 0.4) is 0 Å². The summed E-state index contributed by atoms with van der Waals surface area (Å²) in [5.41, 5.74) is -0.0614. The number of likely N-dealkylation sites (N-methyl/N-ethyl adjacent to an activating group) is 1. The average Bonchev–Trinajstić information content (AvgIpc) is 3.26. The first-order valence-corrected chi connectivity index (χ1v) is 9.74. The molecule has 0 aromatic rings. The van der Waals surface area contributed by atoms with Crippen LogP contribution in [0.25, 0.3) is 0 Å². The second kappa shape index (κ2) is 6.76. The van der Waals surface area contributed by atoms with Gasteiger partial charge in [0.2, 0.25) is 5.91 Å². The Morgan fingerprint density at radius 1 is 1.20 bits per heavy atom. The molecule has 1 spiro atoms. The van der Waals surface area contributed by atoms with Crippen LogP contribution in [0, 0.1) is 5.92 Å². The summed E-state index contributed by atoms with van der Waals surface area (Å²) in [5.74, 6) is 0.760. The minimum absolute atomic E-state index is 0.0239. The summed E-state index contributed by atoms with van der Waals surface area (Å²) in [4.78, 5) is 30.9. The molecule has 3 saturated heterocycles. The second-order valence-electron chi connectivity index (χ2n) is 8.09. The van der Waals surface area contributed by atoms with Crippen LogP contribution in [-0.4, -0.2) is 91.2 Å². The van der Waals surface area contributed by atoms with Crippen molar-refractivity contribution in [2.75, 3.05) is 52.9 Å². The van der Waals surface area contributed by atoms with Gasteiger partial charge in [0.05, 0.1) is 12.6 Å². The molecule has 0 aromatic heterocycles. The lowest BCUT2D eigenvalue weighted by Crippen LogP contribution is -2.73. The molecule has 1 N–H and O–H groups in total. The van der Waals surface area contributed by atoms with Crippen LogP contribution in [0.5, 0.6) is 0 Å². The lowest BCUT2D eigenvalue weighted by atomic mass is 9.78. The Morgan fingerprint density at radius 2 is 1.96 bits per heavy atom. The molecule has 4 aliphatic rings. The van der Waals surface area contributed by atoms with Gasteiger partial charge in [-0.1, -0.05) is 0 Å². The summed E-state index contributed by atoms with van der Waals surface area (Å²) in [6.45, 7) is 5.41. The van der Waals surface area contributed by atoms with Gasteiger partial charge in [-0.3, -0.25) is 4.79 Å². The van der Waals surface area contributed by atoms with E-state index >= 15 is 0 Å². The van der Waals surface area contributed by atoms with E-state index in [-0.39, 0.29) is 23.6 Å². The maximum Gasteiger partial charge on any atom is 0.317 e.